The van der Waals surface area contributed by atoms with E-state index in [4.69, 9.17) is 0 Å². The van der Waals surface area contributed by atoms with Gasteiger partial charge in [0.05, 0.1) is 0 Å². The molecule has 0 aliphatic heterocycles. The molecule has 0 amide bonds. The van der Waals surface area contributed by atoms with Crippen molar-refractivity contribution in [1.29, 1.82) is 0 Å². The Morgan fingerprint density at radius 3 is 1.62 bits per heavy atom. The van der Waals surface area contributed by atoms with Crippen LogP contribution >= 0.6 is 0 Å². The van der Waals surface area contributed by atoms with Gasteiger partial charge in [-0.2, -0.15) is 0 Å². The van der Waals surface area contributed by atoms with Crippen molar-refractivity contribution in [1.82, 2.24) is 0 Å². The lowest BCUT2D eigenvalue weighted by Crippen LogP contribution is -2.23. The second kappa shape index (κ2) is 7.31. The van der Waals surface area contributed by atoms with E-state index in [1.165, 1.54) is 77.5 Å². The maximum absolute atomic E-state index is 2.43. The van der Waals surface area contributed by atoms with Crippen LogP contribution in [0, 0.1) is 0 Å². The maximum Gasteiger partial charge on any atom is 0.0159 e. The number of benzene rings is 6. The summed E-state index contributed by atoms with van der Waals surface area (Å²) in [6.45, 7) is 4.79. The molecular formula is C37H26. The Balaban J connectivity index is 1.34. The lowest BCUT2D eigenvalue weighted by molar-refractivity contribution is 0.645. The molecule has 6 aromatic rings. The van der Waals surface area contributed by atoms with E-state index < -0.39 is 0 Å². The number of hydrogen-bond acceptors (Lipinski definition) is 0. The quantitative estimate of drug-likeness (QED) is 0.236. The van der Waals surface area contributed by atoms with Crippen LogP contribution in [0.4, 0.5) is 0 Å². The van der Waals surface area contributed by atoms with E-state index >= 15 is 0 Å². The van der Waals surface area contributed by atoms with Crippen molar-refractivity contribution < 1.29 is 0 Å². The Kier molecular flexibility index (Phi) is 4.10. The Bertz CT molecular complexity index is 1860. The van der Waals surface area contributed by atoms with Crippen LogP contribution in [0.15, 0.2) is 121 Å². The molecule has 0 unspecified atom stereocenters. The van der Waals surface area contributed by atoms with Gasteiger partial charge in [-0.05, 0) is 89.7 Å². The van der Waals surface area contributed by atoms with Gasteiger partial charge in [0.25, 0.3) is 0 Å². The molecule has 6 aromatic carbocycles. The zero-order valence-electron chi connectivity index (χ0n) is 21.0. The molecule has 0 saturated heterocycles. The van der Waals surface area contributed by atoms with Gasteiger partial charge in [-0.25, -0.2) is 0 Å². The molecule has 0 radical (unpaired) electrons. The standard InChI is InChI=1S/C37H26/c1-37(2)33-20-19-31-28-14-7-6-13-27(28)30-17-18-32(36(33)35(30)31)29-16-15-26(22-34(29)37)25-12-8-11-24(21-25)23-9-4-3-5-10-23/h3-22H,1-2H3. The summed E-state index contributed by atoms with van der Waals surface area (Å²) in [6, 6.07) is 45.0. The summed E-state index contributed by atoms with van der Waals surface area (Å²) < 4.78 is 0. The number of fused-ring (bicyclic) bond motifs is 5. The van der Waals surface area contributed by atoms with Crippen molar-refractivity contribution in [3.8, 4) is 55.6 Å². The lowest BCUT2D eigenvalue weighted by Gasteiger charge is -2.36. The molecule has 0 heteroatoms. The molecule has 0 nitrogen and oxygen atoms in total. The molecule has 2 aliphatic rings. The van der Waals surface area contributed by atoms with Gasteiger partial charge in [0.2, 0.25) is 0 Å². The normalized spacial score (nSPS) is 13.9. The molecule has 0 spiro atoms. The zero-order chi connectivity index (χ0) is 24.7. The first-order chi connectivity index (χ1) is 18.1. The van der Waals surface area contributed by atoms with Crippen molar-refractivity contribution in [3.05, 3.63) is 132 Å². The molecule has 0 N–H and O–H groups in total. The Hall–Kier alpha value is -4.42. The van der Waals surface area contributed by atoms with Gasteiger partial charge < -0.3 is 0 Å². The van der Waals surface area contributed by atoms with Crippen molar-refractivity contribution in [2.24, 2.45) is 0 Å². The summed E-state index contributed by atoms with van der Waals surface area (Å²) in [7, 11) is 0. The Morgan fingerprint density at radius 2 is 0.892 bits per heavy atom. The van der Waals surface area contributed by atoms with Crippen LogP contribution < -0.4 is 0 Å². The van der Waals surface area contributed by atoms with Crippen LogP contribution in [0.1, 0.15) is 25.0 Å². The van der Waals surface area contributed by atoms with E-state index in [0.29, 0.717) is 0 Å². The van der Waals surface area contributed by atoms with E-state index in [9.17, 15) is 0 Å². The second-order valence-electron chi connectivity index (χ2n) is 10.9. The summed E-state index contributed by atoms with van der Waals surface area (Å²) in [4.78, 5) is 0. The fourth-order valence-electron chi connectivity index (χ4n) is 6.77. The van der Waals surface area contributed by atoms with Gasteiger partial charge in [0, 0.05) is 5.41 Å². The highest BCUT2D eigenvalue weighted by atomic mass is 14.4. The molecular weight excluding hydrogens is 444 g/mol. The summed E-state index contributed by atoms with van der Waals surface area (Å²) >= 11 is 0. The summed E-state index contributed by atoms with van der Waals surface area (Å²) in [5.74, 6) is 0. The van der Waals surface area contributed by atoms with Crippen LogP contribution in [-0.2, 0) is 5.41 Å². The van der Waals surface area contributed by atoms with Gasteiger partial charge in [-0.1, -0.05) is 123 Å². The highest BCUT2D eigenvalue weighted by molar-refractivity contribution is 6.20. The molecule has 0 fully saturated rings. The van der Waals surface area contributed by atoms with Crippen LogP contribution in [0.25, 0.3) is 66.4 Å². The maximum atomic E-state index is 2.43. The highest BCUT2D eigenvalue weighted by Gasteiger charge is 2.36. The zero-order valence-corrected chi connectivity index (χ0v) is 21.0. The third-order valence-corrected chi connectivity index (χ3v) is 8.63. The van der Waals surface area contributed by atoms with Gasteiger partial charge in [0.1, 0.15) is 0 Å². The van der Waals surface area contributed by atoms with Crippen LogP contribution in [0.2, 0.25) is 0 Å². The van der Waals surface area contributed by atoms with E-state index in [-0.39, 0.29) is 5.41 Å². The van der Waals surface area contributed by atoms with Crippen molar-refractivity contribution in [2.75, 3.05) is 0 Å². The fraction of sp³-hybridized carbons (Fsp3) is 0.0811. The van der Waals surface area contributed by atoms with E-state index in [2.05, 4.69) is 135 Å². The third-order valence-electron chi connectivity index (χ3n) is 8.63. The predicted octanol–water partition coefficient (Wildman–Crippen LogP) is 10.1. The van der Waals surface area contributed by atoms with Gasteiger partial charge in [-0.15, -0.1) is 0 Å². The minimum Gasteiger partial charge on any atom is -0.0622 e. The summed E-state index contributed by atoms with van der Waals surface area (Å²) in [5.41, 5.74) is 16.0. The molecule has 0 atom stereocenters. The third kappa shape index (κ3) is 2.79. The lowest BCUT2D eigenvalue weighted by atomic mass is 9.67. The Morgan fingerprint density at radius 1 is 0.351 bits per heavy atom. The molecule has 8 rings (SSSR count). The molecule has 174 valence electrons. The first-order valence-electron chi connectivity index (χ1n) is 13.1. The summed E-state index contributed by atoms with van der Waals surface area (Å²) in [5, 5.41) is 2.86. The van der Waals surface area contributed by atoms with E-state index in [1.807, 2.05) is 0 Å². The topological polar surface area (TPSA) is 0 Å². The van der Waals surface area contributed by atoms with Gasteiger partial charge in [-0.3, -0.25) is 0 Å². The second-order valence-corrected chi connectivity index (χ2v) is 10.9. The first-order valence-corrected chi connectivity index (χ1v) is 13.1. The number of rotatable bonds is 2. The largest absolute Gasteiger partial charge is 0.0622 e. The SMILES string of the molecule is CC1(C)c2cc(-c3cccc(-c4ccccc4)c3)ccc2-c2ccc3c4c(ccc1c24)-c1ccccc1-3. The molecule has 37 heavy (non-hydrogen) atoms. The van der Waals surface area contributed by atoms with Crippen LogP contribution in [-0.4, -0.2) is 0 Å². The summed E-state index contributed by atoms with van der Waals surface area (Å²) in [6.07, 6.45) is 0. The molecule has 2 aliphatic carbocycles. The van der Waals surface area contributed by atoms with Gasteiger partial charge >= 0.3 is 0 Å². The predicted molar refractivity (Wildman–Crippen MR) is 157 cm³/mol. The smallest absolute Gasteiger partial charge is 0.0159 e. The van der Waals surface area contributed by atoms with Crippen LogP contribution in [0.5, 0.6) is 0 Å². The highest BCUT2D eigenvalue weighted by Crippen LogP contribution is 2.56. The molecule has 0 saturated carbocycles. The van der Waals surface area contributed by atoms with E-state index in [0.717, 1.165) is 0 Å². The minimum absolute atomic E-state index is 0.0959. The molecule has 0 bridgehead atoms. The van der Waals surface area contributed by atoms with Crippen molar-refractivity contribution in [3.63, 3.8) is 0 Å². The first kappa shape index (κ1) is 20.7. The van der Waals surface area contributed by atoms with E-state index in [1.54, 1.807) is 0 Å². The fourth-order valence-corrected chi connectivity index (χ4v) is 6.77. The average molecular weight is 471 g/mol. The minimum atomic E-state index is -0.0959. The monoisotopic (exact) mass is 470 g/mol. The molecule has 0 heterocycles. The average Bonchev–Trinajstić information content (AvgIpc) is 3.28. The Labute approximate surface area is 217 Å². The van der Waals surface area contributed by atoms with Gasteiger partial charge in [0.15, 0.2) is 0 Å². The van der Waals surface area contributed by atoms with Crippen LogP contribution in [0.3, 0.4) is 0 Å². The number of hydrogen-bond donors (Lipinski definition) is 0. The molecule has 0 aromatic heterocycles. The van der Waals surface area contributed by atoms with Crippen molar-refractivity contribution in [2.45, 2.75) is 19.3 Å². The van der Waals surface area contributed by atoms with Crippen molar-refractivity contribution >= 4 is 10.8 Å².